The minimum Gasteiger partial charge on any atom is -0.321 e. The number of rotatable bonds is 5. The molecule has 0 radical (unpaired) electrons. The highest BCUT2D eigenvalue weighted by atomic mass is 35.5. The molecule has 5 nitrogen and oxygen atoms in total. The zero-order valence-electron chi connectivity index (χ0n) is 18.6. The van der Waals surface area contributed by atoms with Gasteiger partial charge in [-0.05, 0) is 55.5 Å². The van der Waals surface area contributed by atoms with E-state index in [1.165, 1.54) is 0 Å². The Labute approximate surface area is 206 Å². The lowest BCUT2D eigenvalue weighted by molar-refractivity contribution is 0.102. The van der Waals surface area contributed by atoms with Gasteiger partial charge in [-0.15, -0.1) is 0 Å². The van der Waals surface area contributed by atoms with Crippen LogP contribution in [0.4, 0.5) is 5.69 Å². The predicted octanol–water partition coefficient (Wildman–Crippen LogP) is 7.00. The lowest BCUT2D eigenvalue weighted by atomic mass is 10.0. The number of para-hydroxylation sites is 2. The second-order valence-electron chi connectivity index (χ2n) is 7.85. The quantitative estimate of drug-likeness (QED) is 0.291. The maximum absolute atomic E-state index is 13.6. The first-order chi connectivity index (χ1) is 16.5. The Morgan fingerprint density at radius 2 is 1.74 bits per heavy atom. The molecule has 2 aromatic heterocycles. The van der Waals surface area contributed by atoms with E-state index < -0.39 is 0 Å². The van der Waals surface area contributed by atoms with E-state index in [9.17, 15) is 4.79 Å². The van der Waals surface area contributed by atoms with Crippen molar-refractivity contribution in [2.24, 2.45) is 7.05 Å². The van der Waals surface area contributed by atoms with E-state index in [0.717, 1.165) is 43.3 Å². The Morgan fingerprint density at radius 3 is 2.50 bits per heavy atom. The summed E-state index contributed by atoms with van der Waals surface area (Å²) >= 11 is 7.59. The van der Waals surface area contributed by atoms with Crippen LogP contribution in [0.15, 0.2) is 94.9 Å². The van der Waals surface area contributed by atoms with Crippen LogP contribution in [-0.4, -0.2) is 20.7 Å². The molecule has 0 saturated heterocycles. The number of carbonyl (C=O) groups excluding carboxylic acids is 1. The molecule has 0 spiro atoms. The Balaban J connectivity index is 1.52. The molecule has 0 aliphatic rings. The van der Waals surface area contributed by atoms with Crippen LogP contribution >= 0.6 is 23.4 Å². The number of carbonyl (C=O) groups is 1. The number of nitrogens with one attached hydrogen (secondary N) is 1. The van der Waals surface area contributed by atoms with Crippen LogP contribution in [0.25, 0.3) is 22.2 Å². The fourth-order valence-electron chi connectivity index (χ4n) is 3.73. The van der Waals surface area contributed by atoms with E-state index in [2.05, 4.69) is 10.4 Å². The van der Waals surface area contributed by atoms with E-state index in [0.29, 0.717) is 10.6 Å². The SMILES string of the molecule is Cc1c(-c2cc(C(=O)Nc3ccccc3Sc3ccc(Cl)cc3)c3ccccc3n2)cnn1C. The van der Waals surface area contributed by atoms with Crippen molar-refractivity contribution < 1.29 is 4.79 Å². The summed E-state index contributed by atoms with van der Waals surface area (Å²) in [6.07, 6.45) is 1.78. The van der Waals surface area contributed by atoms with Crippen LogP contribution in [0.5, 0.6) is 0 Å². The number of amides is 1. The van der Waals surface area contributed by atoms with Crippen molar-refractivity contribution in [3.63, 3.8) is 0 Å². The second kappa shape index (κ2) is 9.33. The zero-order valence-corrected chi connectivity index (χ0v) is 20.2. The number of nitrogens with zero attached hydrogens (tertiary/aromatic N) is 3. The van der Waals surface area contributed by atoms with E-state index in [4.69, 9.17) is 16.6 Å². The molecule has 0 unspecified atom stereocenters. The number of halogens is 1. The molecule has 7 heteroatoms. The number of hydrogen-bond acceptors (Lipinski definition) is 4. The number of pyridine rings is 1. The van der Waals surface area contributed by atoms with Crippen molar-refractivity contribution in [2.45, 2.75) is 16.7 Å². The van der Waals surface area contributed by atoms with Gasteiger partial charge in [-0.25, -0.2) is 4.98 Å². The summed E-state index contributed by atoms with van der Waals surface area (Å²) in [7, 11) is 1.89. The third-order valence-electron chi connectivity index (χ3n) is 5.65. The lowest BCUT2D eigenvalue weighted by Crippen LogP contribution is -2.13. The predicted molar refractivity (Wildman–Crippen MR) is 139 cm³/mol. The molecule has 2 heterocycles. The van der Waals surface area contributed by atoms with Gasteiger partial charge < -0.3 is 5.32 Å². The van der Waals surface area contributed by atoms with E-state index in [1.807, 2.05) is 92.8 Å². The average Bonchev–Trinajstić information content (AvgIpc) is 3.19. The molecule has 0 saturated carbocycles. The minimum absolute atomic E-state index is 0.189. The summed E-state index contributed by atoms with van der Waals surface area (Å²) in [6, 6.07) is 24.9. The summed E-state index contributed by atoms with van der Waals surface area (Å²) in [6.45, 7) is 1.99. The molecule has 0 atom stereocenters. The van der Waals surface area contributed by atoms with Crippen LogP contribution in [0.2, 0.25) is 5.02 Å². The molecule has 168 valence electrons. The van der Waals surface area contributed by atoms with Gasteiger partial charge in [0.1, 0.15) is 0 Å². The molecule has 1 N–H and O–H groups in total. The maximum Gasteiger partial charge on any atom is 0.256 e. The Hall–Kier alpha value is -3.61. The number of benzene rings is 3. The molecule has 0 bridgehead atoms. The molecule has 1 amide bonds. The molecule has 3 aromatic carbocycles. The molecule has 34 heavy (non-hydrogen) atoms. The third kappa shape index (κ3) is 4.42. The topological polar surface area (TPSA) is 59.8 Å². The normalized spacial score (nSPS) is 11.0. The highest BCUT2D eigenvalue weighted by Gasteiger charge is 2.17. The number of aryl methyl sites for hydroxylation is 1. The van der Waals surface area contributed by atoms with Crippen molar-refractivity contribution in [3.8, 4) is 11.3 Å². The second-order valence-corrected chi connectivity index (χ2v) is 9.40. The van der Waals surface area contributed by atoms with Crippen molar-refractivity contribution in [1.29, 1.82) is 0 Å². The Bertz CT molecular complexity index is 1510. The highest BCUT2D eigenvalue weighted by molar-refractivity contribution is 7.99. The minimum atomic E-state index is -0.189. The standard InChI is InChI=1S/C27H21ClN4OS/c1-17-22(16-29-32(17)2)25-15-21(20-7-3-4-8-23(20)30-25)27(33)31-24-9-5-6-10-26(24)34-19-13-11-18(28)12-14-19/h3-16H,1-2H3,(H,31,33). The molecule has 0 fully saturated rings. The first-order valence-corrected chi connectivity index (χ1v) is 11.9. The van der Waals surface area contributed by atoms with Crippen molar-refractivity contribution in [3.05, 3.63) is 101 Å². The van der Waals surface area contributed by atoms with Gasteiger partial charge in [0.15, 0.2) is 0 Å². The van der Waals surface area contributed by atoms with E-state index in [1.54, 1.807) is 22.6 Å². The lowest BCUT2D eigenvalue weighted by Gasteiger charge is -2.13. The first kappa shape index (κ1) is 22.2. The molecule has 5 aromatic rings. The molecule has 0 aliphatic heterocycles. The van der Waals surface area contributed by atoms with Gasteiger partial charge in [0.05, 0.1) is 28.7 Å². The highest BCUT2D eigenvalue weighted by Crippen LogP contribution is 2.35. The van der Waals surface area contributed by atoms with Crippen molar-refractivity contribution in [1.82, 2.24) is 14.8 Å². The summed E-state index contributed by atoms with van der Waals surface area (Å²) in [5.41, 5.74) is 4.68. The smallest absolute Gasteiger partial charge is 0.256 e. The van der Waals surface area contributed by atoms with Crippen LogP contribution in [0.1, 0.15) is 16.1 Å². The molecular weight excluding hydrogens is 464 g/mol. The molecule has 0 aliphatic carbocycles. The summed E-state index contributed by atoms with van der Waals surface area (Å²) < 4.78 is 1.80. The van der Waals surface area contributed by atoms with E-state index in [-0.39, 0.29) is 5.91 Å². The van der Waals surface area contributed by atoms with Gasteiger partial charge in [-0.1, -0.05) is 53.7 Å². The van der Waals surface area contributed by atoms with Crippen molar-refractivity contribution >= 4 is 45.9 Å². The number of aromatic nitrogens is 3. The Kier molecular flexibility index (Phi) is 6.09. The number of fused-ring (bicyclic) bond motifs is 1. The number of anilines is 1. The van der Waals surface area contributed by atoms with Gasteiger partial charge >= 0.3 is 0 Å². The van der Waals surface area contributed by atoms with Crippen LogP contribution in [0.3, 0.4) is 0 Å². The van der Waals surface area contributed by atoms with Gasteiger partial charge in [0.25, 0.3) is 5.91 Å². The monoisotopic (exact) mass is 484 g/mol. The largest absolute Gasteiger partial charge is 0.321 e. The maximum atomic E-state index is 13.6. The van der Waals surface area contributed by atoms with Gasteiger partial charge in [-0.2, -0.15) is 5.10 Å². The molecule has 5 rings (SSSR count). The van der Waals surface area contributed by atoms with Crippen LogP contribution in [0, 0.1) is 6.92 Å². The van der Waals surface area contributed by atoms with Crippen LogP contribution < -0.4 is 5.32 Å². The van der Waals surface area contributed by atoms with Crippen LogP contribution in [-0.2, 0) is 7.05 Å². The first-order valence-electron chi connectivity index (χ1n) is 10.7. The summed E-state index contributed by atoms with van der Waals surface area (Å²) in [4.78, 5) is 20.3. The fraction of sp³-hybridized carbons (Fsp3) is 0.0741. The molecular formula is C27H21ClN4OS. The Morgan fingerprint density at radius 1 is 1.00 bits per heavy atom. The third-order valence-corrected chi connectivity index (χ3v) is 6.98. The van der Waals surface area contributed by atoms with Crippen molar-refractivity contribution in [2.75, 3.05) is 5.32 Å². The fourth-order valence-corrected chi connectivity index (χ4v) is 4.76. The summed E-state index contributed by atoms with van der Waals surface area (Å²) in [5, 5.41) is 8.94. The van der Waals surface area contributed by atoms with Gasteiger partial charge in [-0.3, -0.25) is 9.48 Å². The van der Waals surface area contributed by atoms with Gasteiger partial charge in [0.2, 0.25) is 0 Å². The average molecular weight is 485 g/mol. The number of hydrogen-bond donors (Lipinski definition) is 1. The van der Waals surface area contributed by atoms with Gasteiger partial charge in [0, 0.05) is 38.5 Å². The van der Waals surface area contributed by atoms with E-state index >= 15 is 0 Å². The summed E-state index contributed by atoms with van der Waals surface area (Å²) in [5.74, 6) is -0.189. The zero-order chi connectivity index (χ0) is 23.7.